The van der Waals surface area contributed by atoms with Crippen LogP contribution >= 0.6 is 0 Å². The first-order chi connectivity index (χ1) is 16.9. The molecule has 7 nitrogen and oxygen atoms in total. The first-order valence-electron chi connectivity index (χ1n) is 12.5. The quantitative estimate of drug-likeness (QED) is 0.503. The zero-order chi connectivity index (χ0) is 25.0. The molecule has 0 radical (unpaired) electrons. The Morgan fingerprint density at radius 1 is 1.00 bits per heavy atom. The Kier molecular flexibility index (Phi) is 7.43. The number of hydrogen-bond donors (Lipinski definition) is 3. The monoisotopic (exact) mass is 478 g/mol. The SMILES string of the molecule is CCC(C)[C@H](NC(=O)C1(NC(=O)OCC2c3ccccc3-c3ccccc32)CCCCC1)C(=O)O. The van der Waals surface area contributed by atoms with Gasteiger partial charge in [-0.3, -0.25) is 4.79 Å². The standard InChI is InChI=1S/C28H34N2O5/c1-3-18(2)24(25(31)32)29-26(33)28(15-9-4-10-16-28)30-27(34)35-17-23-21-13-7-5-11-19(21)20-12-6-8-14-22(20)23/h5-8,11-14,18,23-24H,3-4,9-10,15-17H2,1-2H3,(H,29,33)(H,30,34)(H,31,32)/t18?,24-/m0/s1. The molecule has 3 N–H and O–H groups in total. The van der Waals surface area contributed by atoms with Crippen LogP contribution in [0, 0.1) is 5.92 Å². The lowest BCUT2D eigenvalue weighted by Gasteiger charge is -2.37. The van der Waals surface area contributed by atoms with Gasteiger partial charge in [-0.1, -0.05) is 88.1 Å². The normalized spacial score (nSPS) is 18.0. The van der Waals surface area contributed by atoms with Gasteiger partial charge in [0.15, 0.2) is 0 Å². The van der Waals surface area contributed by atoms with Crippen molar-refractivity contribution in [2.24, 2.45) is 5.92 Å². The van der Waals surface area contributed by atoms with Crippen LogP contribution in [0.2, 0.25) is 0 Å². The number of rotatable bonds is 8. The van der Waals surface area contributed by atoms with E-state index in [2.05, 4.69) is 34.9 Å². The van der Waals surface area contributed by atoms with Crippen LogP contribution in [0.5, 0.6) is 0 Å². The maximum Gasteiger partial charge on any atom is 0.408 e. The van der Waals surface area contributed by atoms with Crippen molar-refractivity contribution in [1.82, 2.24) is 10.6 Å². The third kappa shape index (κ3) is 5.04. The predicted octanol–water partition coefficient (Wildman–Crippen LogP) is 4.84. The molecule has 0 heterocycles. The molecule has 0 bridgehead atoms. The minimum Gasteiger partial charge on any atom is -0.480 e. The largest absolute Gasteiger partial charge is 0.480 e. The molecule has 1 unspecified atom stereocenters. The Balaban J connectivity index is 1.47. The molecule has 2 atom stereocenters. The molecule has 186 valence electrons. The maximum atomic E-state index is 13.3. The number of fused-ring (bicyclic) bond motifs is 3. The van der Waals surface area contributed by atoms with Crippen LogP contribution < -0.4 is 10.6 Å². The van der Waals surface area contributed by atoms with Gasteiger partial charge in [-0.2, -0.15) is 0 Å². The number of carboxylic acids is 1. The lowest BCUT2D eigenvalue weighted by molar-refractivity contribution is -0.144. The van der Waals surface area contributed by atoms with Gasteiger partial charge in [-0.05, 0) is 41.0 Å². The molecule has 0 spiro atoms. The highest BCUT2D eigenvalue weighted by atomic mass is 16.5. The first-order valence-corrected chi connectivity index (χ1v) is 12.5. The van der Waals surface area contributed by atoms with Gasteiger partial charge in [-0.15, -0.1) is 0 Å². The molecule has 2 aliphatic carbocycles. The summed E-state index contributed by atoms with van der Waals surface area (Å²) in [5.41, 5.74) is 3.35. The van der Waals surface area contributed by atoms with Crippen molar-refractivity contribution in [2.75, 3.05) is 6.61 Å². The van der Waals surface area contributed by atoms with Crippen LogP contribution in [0.1, 0.15) is 69.4 Å². The minimum atomic E-state index is -1.16. The van der Waals surface area contributed by atoms with Crippen molar-refractivity contribution in [3.8, 4) is 11.1 Å². The summed E-state index contributed by atoms with van der Waals surface area (Å²) in [5.74, 6) is -1.82. The number of carboxylic acid groups (broad SMARTS) is 1. The second-order valence-electron chi connectivity index (χ2n) is 9.77. The van der Waals surface area contributed by atoms with E-state index in [1.807, 2.05) is 31.2 Å². The highest BCUT2D eigenvalue weighted by Gasteiger charge is 2.43. The molecule has 4 rings (SSSR count). The molecule has 2 amide bonds. The Labute approximate surface area is 206 Å². The molecular weight excluding hydrogens is 444 g/mol. The summed E-state index contributed by atoms with van der Waals surface area (Å²) in [6.07, 6.45) is 3.39. The average molecular weight is 479 g/mol. The Morgan fingerprint density at radius 2 is 1.57 bits per heavy atom. The number of nitrogens with one attached hydrogen (secondary N) is 2. The molecule has 35 heavy (non-hydrogen) atoms. The first kappa shape index (κ1) is 24.8. The molecule has 0 saturated heterocycles. The average Bonchev–Trinajstić information content (AvgIpc) is 3.19. The molecule has 1 fully saturated rings. The number of carbonyl (C=O) groups excluding carboxylic acids is 2. The highest BCUT2D eigenvalue weighted by Crippen LogP contribution is 2.44. The molecular formula is C28H34N2O5. The summed E-state index contributed by atoms with van der Waals surface area (Å²) in [5, 5.41) is 15.2. The van der Waals surface area contributed by atoms with E-state index in [4.69, 9.17) is 4.74 Å². The minimum absolute atomic E-state index is 0.0777. The highest BCUT2D eigenvalue weighted by molar-refractivity contribution is 5.93. The fourth-order valence-corrected chi connectivity index (χ4v) is 5.36. The Hall–Kier alpha value is -3.35. The molecule has 7 heteroatoms. The summed E-state index contributed by atoms with van der Waals surface area (Å²) < 4.78 is 5.69. The summed E-state index contributed by atoms with van der Waals surface area (Å²) in [6.45, 7) is 3.84. The fraction of sp³-hybridized carbons (Fsp3) is 0.464. The van der Waals surface area contributed by atoms with Gasteiger partial charge in [0.25, 0.3) is 0 Å². The van der Waals surface area contributed by atoms with Gasteiger partial charge in [0.2, 0.25) is 5.91 Å². The van der Waals surface area contributed by atoms with Gasteiger partial charge in [-0.25, -0.2) is 9.59 Å². The second kappa shape index (κ2) is 10.5. The lowest BCUT2D eigenvalue weighted by atomic mass is 9.80. The van der Waals surface area contributed by atoms with E-state index < -0.39 is 29.6 Å². The van der Waals surface area contributed by atoms with E-state index in [-0.39, 0.29) is 18.4 Å². The Morgan fingerprint density at radius 3 is 2.11 bits per heavy atom. The van der Waals surface area contributed by atoms with E-state index >= 15 is 0 Å². The van der Waals surface area contributed by atoms with Crippen LogP contribution in [0.4, 0.5) is 4.79 Å². The number of amides is 2. The van der Waals surface area contributed by atoms with Crippen molar-refractivity contribution < 1.29 is 24.2 Å². The van der Waals surface area contributed by atoms with E-state index in [1.165, 1.54) is 0 Å². The van der Waals surface area contributed by atoms with E-state index in [0.29, 0.717) is 19.3 Å². The van der Waals surface area contributed by atoms with E-state index in [0.717, 1.165) is 41.5 Å². The van der Waals surface area contributed by atoms with Gasteiger partial charge in [0, 0.05) is 5.92 Å². The van der Waals surface area contributed by atoms with Crippen LogP contribution in [-0.4, -0.2) is 41.3 Å². The van der Waals surface area contributed by atoms with Crippen LogP contribution in [-0.2, 0) is 14.3 Å². The number of hydrogen-bond acceptors (Lipinski definition) is 4. The van der Waals surface area contributed by atoms with Crippen LogP contribution in [0.15, 0.2) is 48.5 Å². The molecule has 1 saturated carbocycles. The lowest BCUT2D eigenvalue weighted by Crippen LogP contribution is -2.62. The third-order valence-electron chi connectivity index (χ3n) is 7.59. The second-order valence-corrected chi connectivity index (χ2v) is 9.77. The Bertz CT molecular complexity index is 1050. The van der Waals surface area contributed by atoms with Crippen molar-refractivity contribution >= 4 is 18.0 Å². The van der Waals surface area contributed by atoms with Gasteiger partial charge in [0.05, 0.1) is 0 Å². The number of alkyl carbamates (subject to hydrolysis) is 1. The van der Waals surface area contributed by atoms with E-state index in [9.17, 15) is 19.5 Å². The zero-order valence-electron chi connectivity index (χ0n) is 20.4. The summed E-state index contributed by atoms with van der Waals surface area (Å²) in [7, 11) is 0. The topological polar surface area (TPSA) is 105 Å². The maximum absolute atomic E-state index is 13.3. The molecule has 2 aromatic rings. The number of carbonyl (C=O) groups is 3. The van der Waals surface area contributed by atoms with Crippen molar-refractivity contribution in [1.29, 1.82) is 0 Å². The van der Waals surface area contributed by atoms with Gasteiger partial charge >= 0.3 is 12.1 Å². The van der Waals surface area contributed by atoms with Crippen molar-refractivity contribution in [3.63, 3.8) is 0 Å². The van der Waals surface area contributed by atoms with Crippen molar-refractivity contribution in [2.45, 2.75) is 69.9 Å². The molecule has 2 aromatic carbocycles. The van der Waals surface area contributed by atoms with Crippen LogP contribution in [0.3, 0.4) is 0 Å². The van der Waals surface area contributed by atoms with E-state index in [1.54, 1.807) is 6.92 Å². The fourth-order valence-electron chi connectivity index (χ4n) is 5.36. The predicted molar refractivity (Wildman–Crippen MR) is 133 cm³/mol. The van der Waals surface area contributed by atoms with Crippen molar-refractivity contribution in [3.05, 3.63) is 59.7 Å². The zero-order valence-corrected chi connectivity index (χ0v) is 20.4. The summed E-state index contributed by atoms with van der Waals surface area (Å²) in [4.78, 5) is 38.1. The number of aliphatic carboxylic acids is 1. The summed E-state index contributed by atoms with van der Waals surface area (Å²) in [6, 6.07) is 15.2. The molecule has 0 aromatic heterocycles. The number of ether oxygens (including phenoxy) is 1. The molecule has 2 aliphatic rings. The number of benzene rings is 2. The third-order valence-corrected chi connectivity index (χ3v) is 7.59. The van der Waals surface area contributed by atoms with Crippen LogP contribution in [0.25, 0.3) is 11.1 Å². The smallest absolute Gasteiger partial charge is 0.408 e. The van der Waals surface area contributed by atoms with Gasteiger partial charge in [0.1, 0.15) is 18.2 Å². The summed E-state index contributed by atoms with van der Waals surface area (Å²) >= 11 is 0. The van der Waals surface area contributed by atoms with Gasteiger partial charge < -0.3 is 20.5 Å². The molecule has 0 aliphatic heterocycles.